The average molecular weight is 323 g/mol. The number of aromatic nitrogens is 2. The Labute approximate surface area is 126 Å². The maximum absolute atomic E-state index is 12.9. The van der Waals surface area contributed by atoms with Crippen LogP contribution in [0.4, 0.5) is 13.2 Å². The van der Waals surface area contributed by atoms with E-state index < -0.39 is 18.0 Å². The van der Waals surface area contributed by atoms with Gasteiger partial charge in [-0.3, -0.25) is 0 Å². The van der Waals surface area contributed by atoms with E-state index in [4.69, 9.17) is 0 Å². The van der Waals surface area contributed by atoms with Crippen LogP contribution in [0.5, 0.6) is 0 Å². The average Bonchev–Trinajstić information content (AvgIpc) is 2.96. The van der Waals surface area contributed by atoms with Gasteiger partial charge in [-0.15, -0.1) is 16.2 Å². The molecule has 0 fully saturated rings. The van der Waals surface area contributed by atoms with Crippen molar-refractivity contribution in [2.24, 2.45) is 5.18 Å². The molecule has 0 spiro atoms. The van der Waals surface area contributed by atoms with Crippen molar-refractivity contribution in [1.29, 1.82) is 0 Å². The molecule has 2 heterocycles. The normalized spacial score (nSPS) is 13.2. The minimum atomic E-state index is -4.69. The van der Waals surface area contributed by atoms with Crippen molar-refractivity contribution < 1.29 is 13.2 Å². The van der Waals surface area contributed by atoms with Gasteiger partial charge in [0, 0.05) is 0 Å². The Balaban J connectivity index is 2.24. The molecule has 0 aliphatic rings. The first kappa shape index (κ1) is 14.6. The first-order valence-corrected chi connectivity index (χ1v) is 7.08. The summed E-state index contributed by atoms with van der Waals surface area (Å²) in [5, 5.41) is 4.59. The van der Waals surface area contributed by atoms with Crippen molar-refractivity contribution in [1.82, 2.24) is 9.97 Å². The molecule has 0 bridgehead atoms. The number of alkyl halides is 3. The molecule has 3 aromatic rings. The van der Waals surface area contributed by atoms with Crippen molar-refractivity contribution >= 4 is 21.6 Å². The Hall–Kier alpha value is -2.35. The molecule has 22 heavy (non-hydrogen) atoms. The van der Waals surface area contributed by atoms with E-state index >= 15 is 0 Å². The number of hydrogen-bond acceptors (Lipinski definition) is 5. The van der Waals surface area contributed by atoms with Crippen LogP contribution in [0.15, 0.2) is 47.0 Å². The highest BCUT2D eigenvalue weighted by atomic mass is 32.1. The van der Waals surface area contributed by atoms with Crippen LogP contribution >= 0.6 is 11.3 Å². The molecule has 1 aromatic carbocycles. The van der Waals surface area contributed by atoms with E-state index in [0.29, 0.717) is 10.3 Å². The number of benzene rings is 1. The summed E-state index contributed by atoms with van der Waals surface area (Å²) in [5.41, 5.74) is 0.624. The van der Waals surface area contributed by atoms with Crippen molar-refractivity contribution in [2.45, 2.75) is 12.2 Å². The molecule has 3 rings (SSSR count). The molecular formula is C14H8F3N3OS. The van der Waals surface area contributed by atoms with Gasteiger partial charge in [-0.1, -0.05) is 35.5 Å². The van der Waals surface area contributed by atoms with E-state index in [1.54, 1.807) is 35.7 Å². The fourth-order valence-electron chi connectivity index (χ4n) is 2.10. The fraction of sp³-hybridized carbons (Fsp3) is 0.143. The zero-order valence-electron chi connectivity index (χ0n) is 10.9. The number of nitroso groups, excluding NO2 is 1. The van der Waals surface area contributed by atoms with Gasteiger partial charge in [0.15, 0.2) is 6.04 Å². The smallest absolute Gasteiger partial charge is 0.225 e. The molecule has 112 valence electrons. The zero-order chi connectivity index (χ0) is 15.7. The SMILES string of the molecule is O=NC(c1ccccc1)c1nc(C(F)(F)F)nc2ccsc12. The lowest BCUT2D eigenvalue weighted by Crippen LogP contribution is -2.14. The van der Waals surface area contributed by atoms with Crippen LogP contribution in [-0.2, 0) is 6.18 Å². The molecule has 1 unspecified atom stereocenters. The Morgan fingerprint density at radius 2 is 1.82 bits per heavy atom. The third-order valence-electron chi connectivity index (χ3n) is 3.06. The van der Waals surface area contributed by atoms with Crippen molar-refractivity contribution in [3.63, 3.8) is 0 Å². The van der Waals surface area contributed by atoms with Crippen LogP contribution in [-0.4, -0.2) is 9.97 Å². The monoisotopic (exact) mass is 323 g/mol. The van der Waals surface area contributed by atoms with E-state index in [0.717, 1.165) is 0 Å². The molecule has 1 atom stereocenters. The topological polar surface area (TPSA) is 55.2 Å². The second-order valence-electron chi connectivity index (χ2n) is 4.48. The molecule has 0 saturated carbocycles. The van der Waals surface area contributed by atoms with Gasteiger partial charge < -0.3 is 0 Å². The minimum absolute atomic E-state index is 0.0199. The Morgan fingerprint density at radius 3 is 2.45 bits per heavy atom. The summed E-state index contributed by atoms with van der Waals surface area (Å²) in [6.45, 7) is 0. The van der Waals surface area contributed by atoms with Gasteiger partial charge in [-0.25, -0.2) is 9.97 Å². The first-order valence-electron chi connectivity index (χ1n) is 6.20. The molecular weight excluding hydrogens is 315 g/mol. The minimum Gasteiger partial charge on any atom is -0.225 e. The summed E-state index contributed by atoms with van der Waals surface area (Å²) in [6, 6.07) is 8.73. The van der Waals surface area contributed by atoms with Crippen molar-refractivity contribution in [3.05, 3.63) is 63.8 Å². The molecule has 0 aliphatic heterocycles. The molecule has 2 aromatic heterocycles. The number of nitrogens with zero attached hydrogens (tertiary/aromatic N) is 3. The van der Waals surface area contributed by atoms with Crippen LogP contribution in [0.25, 0.3) is 10.2 Å². The van der Waals surface area contributed by atoms with Gasteiger partial charge in [0.05, 0.1) is 15.9 Å². The quantitative estimate of drug-likeness (QED) is 0.664. The van der Waals surface area contributed by atoms with Crippen molar-refractivity contribution in [3.8, 4) is 0 Å². The number of halogens is 3. The summed E-state index contributed by atoms with van der Waals surface area (Å²) in [5.74, 6) is -1.27. The van der Waals surface area contributed by atoms with Crippen LogP contribution in [0.3, 0.4) is 0 Å². The number of fused-ring (bicyclic) bond motifs is 1. The highest BCUT2D eigenvalue weighted by molar-refractivity contribution is 7.17. The summed E-state index contributed by atoms with van der Waals surface area (Å²) in [6.07, 6.45) is -4.69. The molecule has 4 nitrogen and oxygen atoms in total. The summed E-state index contributed by atoms with van der Waals surface area (Å²) in [7, 11) is 0. The van der Waals surface area contributed by atoms with E-state index in [9.17, 15) is 18.1 Å². The van der Waals surface area contributed by atoms with Crippen LogP contribution in [0, 0.1) is 4.91 Å². The lowest BCUT2D eigenvalue weighted by molar-refractivity contribution is -0.144. The highest BCUT2D eigenvalue weighted by Crippen LogP contribution is 2.35. The second kappa shape index (κ2) is 5.45. The number of thiophene rings is 1. The first-order chi connectivity index (χ1) is 10.5. The zero-order valence-corrected chi connectivity index (χ0v) is 11.7. The van der Waals surface area contributed by atoms with Crippen LogP contribution in [0.2, 0.25) is 0 Å². The standard InChI is InChI=1S/C14H8F3N3OS/c15-14(16,17)13-18-9-6-7-22-12(9)11(19-13)10(20-21)8-4-2-1-3-5-8/h1-7,10H. The predicted molar refractivity (Wildman–Crippen MR) is 76.5 cm³/mol. The van der Waals surface area contributed by atoms with Gasteiger partial charge in [-0.05, 0) is 17.0 Å². The van der Waals surface area contributed by atoms with Gasteiger partial charge in [0.25, 0.3) is 0 Å². The summed E-state index contributed by atoms with van der Waals surface area (Å²) >= 11 is 1.18. The summed E-state index contributed by atoms with van der Waals surface area (Å²) < 4.78 is 39.3. The largest absolute Gasteiger partial charge is 0.451 e. The molecule has 0 saturated heterocycles. The van der Waals surface area contributed by atoms with E-state index in [1.807, 2.05) is 0 Å². The third-order valence-corrected chi connectivity index (χ3v) is 3.99. The molecule has 0 amide bonds. The Bertz CT molecular complexity index is 817. The lowest BCUT2D eigenvalue weighted by Gasteiger charge is -2.12. The Kier molecular flexibility index (Phi) is 3.61. The van der Waals surface area contributed by atoms with Crippen molar-refractivity contribution in [2.75, 3.05) is 0 Å². The maximum atomic E-state index is 12.9. The second-order valence-corrected chi connectivity index (χ2v) is 5.40. The lowest BCUT2D eigenvalue weighted by atomic mass is 10.0. The molecule has 0 N–H and O–H groups in total. The van der Waals surface area contributed by atoms with Gasteiger partial charge >= 0.3 is 6.18 Å². The van der Waals surface area contributed by atoms with Gasteiger partial charge in [0.1, 0.15) is 0 Å². The van der Waals surface area contributed by atoms with Crippen LogP contribution in [0.1, 0.15) is 23.1 Å². The van der Waals surface area contributed by atoms with Gasteiger partial charge in [0.2, 0.25) is 5.82 Å². The fourth-order valence-corrected chi connectivity index (χ4v) is 2.95. The number of rotatable bonds is 3. The highest BCUT2D eigenvalue weighted by Gasteiger charge is 2.36. The summed E-state index contributed by atoms with van der Waals surface area (Å²) in [4.78, 5) is 18.3. The Morgan fingerprint density at radius 1 is 1.09 bits per heavy atom. The predicted octanol–water partition coefficient (Wildman–Crippen LogP) is 4.57. The van der Waals surface area contributed by atoms with Gasteiger partial charge in [-0.2, -0.15) is 13.2 Å². The van der Waals surface area contributed by atoms with E-state index in [1.165, 1.54) is 17.4 Å². The molecule has 8 heteroatoms. The van der Waals surface area contributed by atoms with E-state index in [-0.39, 0.29) is 11.2 Å². The third kappa shape index (κ3) is 2.57. The van der Waals surface area contributed by atoms with Crippen LogP contribution < -0.4 is 0 Å². The van der Waals surface area contributed by atoms with E-state index in [2.05, 4.69) is 15.1 Å². The molecule has 0 radical (unpaired) electrons. The maximum Gasteiger partial charge on any atom is 0.451 e. The number of hydrogen-bond donors (Lipinski definition) is 0. The molecule has 0 aliphatic carbocycles.